The van der Waals surface area contributed by atoms with E-state index in [-0.39, 0.29) is 27.1 Å². The molecule has 5 heteroatoms. The van der Waals surface area contributed by atoms with Crippen LogP contribution in [0.2, 0.25) is 15.1 Å². The lowest BCUT2D eigenvalue weighted by Crippen LogP contribution is -2.03. The first kappa shape index (κ1) is 13.2. The fourth-order valence-corrected chi connectivity index (χ4v) is 2.14. The molecular formula is C13H7Cl3O2. The fraction of sp³-hybridized carbons (Fsp3) is 0. The Labute approximate surface area is 119 Å². The van der Waals surface area contributed by atoms with Crippen LogP contribution in [0.5, 0.6) is 5.75 Å². The Bertz CT molecular complexity index is 624. The zero-order valence-corrected chi connectivity index (χ0v) is 11.2. The highest BCUT2D eigenvalue weighted by Gasteiger charge is 2.18. The van der Waals surface area contributed by atoms with Gasteiger partial charge < -0.3 is 5.11 Å². The maximum absolute atomic E-state index is 12.2. The Morgan fingerprint density at radius 3 is 2.22 bits per heavy atom. The van der Waals surface area contributed by atoms with Gasteiger partial charge in [0.25, 0.3) is 0 Å². The summed E-state index contributed by atoms with van der Waals surface area (Å²) < 4.78 is 0. The van der Waals surface area contributed by atoms with E-state index < -0.39 is 0 Å². The average molecular weight is 302 g/mol. The summed E-state index contributed by atoms with van der Waals surface area (Å²) >= 11 is 17.7. The SMILES string of the molecule is O=C(c1ccccc1Cl)c1ccc(O)c(Cl)c1Cl. The van der Waals surface area contributed by atoms with Gasteiger partial charge in [0.05, 0.1) is 10.0 Å². The molecule has 0 unspecified atom stereocenters. The lowest BCUT2D eigenvalue weighted by Gasteiger charge is -2.07. The van der Waals surface area contributed by atoms with Gasteiger partial charge in [-0.25, -0.2) is 0 Å². The third-order valence-electron chi connectivity index (χ3n) is 2.43. The Kier molecular flexibility index (Phi) is 3.81. The number of halogens is 3. The van der Waals surface area contributed by atoms with E-state index in [0.29, 0.717) is 10.6 Å². The minimum absolute atomic E-state index is 0.0154. The summed E-state index contributed by atoms with van der Waals surface area (Å²) in [6, 6.07) is 9.37. The highest BCUT2D eigenvalue weighted by molar-refractivity contribution is 6.45. The van der Waals surface area contributed by atoms with Crippen LogP contribution in [-0.4, -0.2) is 10.9 Å². The topological polar surface area (TPSA) is 37.3 Å². The molecule has 0 aliphatic rings. The summed E-state index contributed by atoms with van der Waals surface area (Å²) in [5.74, 6) is -0.509. The number of benzene rings is 2. The standard InChI is InChI=1S/C13H7Cl3O2/c14-9-4-2-1-3-7(9)13(18)8-5-6-10(17)12(16)11(8)15/h1-6,17H. The van der Waals surface area contributed by atoms with Crippen LogP contribution in [0.1, 0.15) is 15.9 Å². The molecule has 0 saturated carbocycles. The fourth-order valence-electron chi connectivity index (χ4n) is 1.51. The highest BCUT2D eigenvalue weighted by atomic mass is 35.5. The van der Waals surface area contributed by atoms with Gasteiger partial charge in [-0.1, -0.05) is 46.9 Å². The first-order valence-electron chi connectivity index (χ1n) is 4.98. The van der Waals surface area contributed by atoms with Gasteiger partial charge in [0.1, 0.15) is 10.8 Å². The Hall–Kier alpha value is -1.22. The molecular weight excluding hydrogens is 294 g/mol. The minimum Gasteiger partial charge on any atom is -0.506 e. The number of aromatic hydroxyl groups is 1. The molecule has 1 N–H and O–H groups in total. The molecule has 2 aromatic carbocycles. The van der Waals surface area contributed by atoms with Crippen LogP contribution in [0.25, 0.3) is 0 Å². The van der Waals surface area contributed by atoms with E-state index in [1.165, 1.54) is 12.1 Å². The lowest BCUT2D eigenvalue weighted by atomic mass is 10.0. The molecule has 92 valence electrons. The van der Waals surface area contributed by atoms with Crippen molar-refractivity contribution in [3.63, 3.8) is 0 Å². The van der Waals surface area contributed by atoms with Crippen molar-refractivity contribution in [2.24, 2.45) is 0 Å². The predicted octanol–water partition coefficient (Wildman–Crippen LogP) is 4.58. The highest BCUT2D eigenvalue weighted by Crippen LogP contribution is 2.35. The Balaban J connectivity index is 2.54. The number of rotatable bonds is 2. The summed E-state index contributed by atoms with van der Waals surface area (Å²) in [5.41, 5.74) is 0.537. The third kappa shape index (κ3) is 2.32. The number of hydrogen-bond acceptors (Lipinski definition) is 2. The largest absolute Gasteiger partial charge is 0.506 e. The Morgan fingerprint density at radius 1 is 0.889 bits per heavy atom. The summed E-state index contributed by atoms with van der Waals surface area (Å²) in [7, 11) is 0. The predicted molar refractivity (Wildman–Crippen MR) is 73.0 cm³/mol. The van der Waals surface area contributed by atoms with Gasteiger partial charge in [0.2, 0.25) is 0 Å². The van der Waals surface area contributed by atoms with Crippen molar-refractivity contribution in [3.8, 4) is 5.75 Å². The molecule has 0 aromatic heterocycles. The molecule has 0 saturated heterocycles. The van der Waals surface area contributed by atoms with Gasteiger partial charge in [-0.15, -0.1) is 0 Å². The van der Waals surface area contributed by atoms with Crippen molar-refractivity contribution >= 4 is 40.6 Å². The molecule has 2 aromatic rings. The van der Waals surface area contributed by atoms with E-state index in [1.807, 2.05) is 0 Å². The molecule has 0 heterocycles. The molecule has 0 atom stereocenters. The molecule has 0 aliphatic carbocycles. The van der Waals surface area contributed by atoms with Gasteiger partial charge in [-0.3, -0.25) is 4.79 Å². The van der Waals surface area contributed by atoms with Gasteiger partial charge in [-0.05, 0) is 24.3 Å². The van der Waals surface area contributed by atoms with Crippen LogP contribution >= 0.6 is 34.8 Å². The third-order valence-corrected chi connectivity index (χ3v) is 3.63. The van der Waals surface area contributed by atoms with E-state index >= 15 is 0 Å². The summed E-state index contributed by atoms with van der Waals surface area (Å²) in [5, 5.41) is 9.68. The number of phenols is 1. The molecule has 0 aliphatic heterocycles. The number of hydrogen-bond donors (Lipinski definition) is 1. The second-order valence-electron chi connectivity index (χ2n) is 3.57. The van der Waals surface area contributed by atoms with Gasteiger partial charge >= 0.3 is 0 Å². The molecule has 0 amide bonds. The molecule has 18 heavy (non-hydrogen) atoms. The summed E-state index contributed by atoms with van der Waals surface area (Å²) in [6.07, 6.45) is 0. The number of carbonyl (C=O) groups is 1. The van der Waals surface area contributed by atoms with Gasteiger partial charge in [0.15, 0.2) is 5.78 Å². The normalized spacial score (nSPS) is 10.4. The minimum atomic E-state index is -0.340. The first-order chi connectivity index (χ1) is 8.52. The van der Waals surface area contributed by atoms with Crippen LogP contribution < -0.4 is 0 Å². The van der Waals surface area contributed by atoms with Crippen LogP contribution in [-0.2, 0) is 0 Å². The van der Waals surface area contributed by atoms with Gasteiger partial charge in [-0.2, -0.15) is 0 Å². The van der Waals surface area contributed by atoms with Crippen molar-refractivity contribution in [3.05, 3.63) is 62.6 Å². The molecule has 2 rings (SSSR count). The van der Waals surface area contributed by atoms with E-state index in [1.54, 1.807) is 24.3 Å². The maximum Gasteiger partial charge on any atom is 0.196 e. The molecule has 0 spiro atoms. The van der Waals surface area contributed by atoms with Crippen molar-refractivity contribution in [2.45, 2.75) is 0 Å². The zero-order valence-electron chi connectivity index (χ0n) is 8.95. The second-order valence-corrected chi connectivity index (χ2v) is 4.73. The molecule has 0 fully saturated rings. The molecule has 0 radical (unpaired) electrons. The maximum atomic E-state index is 12.2. The number of ketones is 1. The van der Waals surface area contributed by atoms with Crippen LogP contribution in [0.15, 0.2) is 36.4 Å². The second kappa shape index (κ2) is 5.19. The summed E-state index contributed by atoms with van der Waals surface area (Å²) in [6.45, 7) is 0. The smallest absolute Gasteiger partial charge is 0.196 e. The zero-order chi connectivity index (χ0) is 13.3. The van der Waals surface area contributed by atoms with E-state index in [2.05, 4.69) is 0 Å². The van der Waals surface area contributed by atoms with Gasteiger partial charge in [0, 0.05) is 11.1 Å². The summed E-state index contributed by atoms with van der Waals surface area (Å²) in [4.78, 5) is 12.2. The quantitative estimate of drug-likeness (QED) is 0.824. The monoisotopic (exact) mass is 300 g/mol. The molecule has 0 bridgehead atoms. The number of carbonyl (C=O) groups excluding carboxylic acids is 1. The van der Waals surface area contributed by atoms with E-state index in [4.69, 9.17) is 34.8 Å². The van der Waals surface area contributed by atoms with Crippen molar-refractivity contribution in [1.82, 2.24) is 0 Å². The van der Waals surface area contributed by atoms with Crippen molar-refractivity contribution in [2.75, 3.05) is 0 Å². The van der Waals surface area contributed by atoms with E-state index in [9.17, 15) is 9.90 Å². The van der Waals surface area contributed by atoms with Crippen molar-refractivity contribution < 1.29 is 9.90 Å². The average Bonchev–Trinajstić information content (AvgIpc) is 2.36. The first-order valence-corrected chi connectivity index (χ1v) is 6.12. The van der Waals surface area contributed by atoms with Crippen LogP contribution in [0.4, 0.5) is 0 Å². The molecule has 2 nitrogen and oxygen atoms in total. The number of phenolic OH excluding ortho intramolecular Hbond substituents is 1. The van der Waals surface area contributed by atoms with E-state index in [0.717, 1.165) is 0 Å². The van der Waals surface area contributed by atoms with Crippen LogP contribution in [0.3, 0.4) is 0 Å². The Morgan fingerprint density at radius 2 is 1.56 bits per heavy atom. The van der Waals surface area contributed by atoms with Crippen LogP contribution in [0, 0.1) is 0 Å². The lowest BCUT2D eigenvalue weighted by molar-refractivity contribution is 0.103. The van der Waals surface area contributed by atoms with Crippen molar-refractivity contribution in [1.29, 1.82) is 0 Å².